The van der Waals surface area contributed by atoms with E-state index in [0.717, 1.165) is 69.4 Å². The quantitative estimate of drug-likeness (QED) is 0.198. The molecular formula is C38H45F2N11O5. The SMILES string of the molecule is COc1cnc2c(C(=O)Nc3cn([C@H]4CC[C@H](CN(C)C5CCN(c6cccc7c6n(C)c(=O)n7C6CCC(=O)NC6=O)CC5)CC4)nc3C(F)F)cnn2c1. The van der Waals surface area contributed by atoms with Crippen LogP contribution >= 0.6 is 0 Å². The van der Waals surface area contributed by atoms with Gasteiger partial charge in [-0.2, -0.15) is 10.2 Å². The van der Waals surface area contributed by atoms with Gasteiger partial charge in [0.1, 0.15) is 11.6 Å². The van der Waals surface area contributed by atoms with Crippen molar-refractivity contribution in [2.45, 2.75) is 75.9 Å². The van der Waals surface area contributed by atoms with Crippen molar-refractivity contribution in [2.75, 3.05) is 44.0 Å². The second kappa shape index (κ2) is 15.1. The van der Waals surface area contributed by atoms with Gasteiger partial charge in [-0.1, -0.05) is 6.07 Å². The van der Waals surface area contributed by atoms with Gasteiger partial charge in [0.2, 0.25) is 11.8 Å². The van der Waals surface area contributed by atoms with Gasteiger partial charge in [-0.15, -0.1) is 0 Å². The second-order valence-corrected chi connectivity index (χ2v) is 15.1. The van der Waals surface area contributed by atoms with E-state index in [4.69, 9.17) is 4.74 Å². The van der Waals surface area contributed by atoms with E-state index in [1.54, 1.807) is 22.5 Å². The van der Waals surface area contributed by atoms with E-state index >= 15 is 0 Å². The Labute approximate surface area is 320 Å². The Kier molecular flexibility index (Phi) is 10.1. The molecular weight excluding hydrogens is 728 g/mol. The molecule has 5 aromatic rings. The number of methoxy groups -OCH3 is 1. The number of alkyl halides is 2. The van der Waals surface area contributed by atoms with Gasteiger partial charge in [0.15, 0.2) is 17.1 Å². The number of amides is 3. The Morgan fingerprint density at radius 3 is 2.54 bits per heavy atom. The lowest BCUT2D eigenvalue weighted by Crippen LogP contribution is -2.45. The number of carbonyl (C=O) groups is 3. The fourth-order valence-corrected chi connectivity index (χ4v) is 8.76. The number of anilines is 2. The van der Waals surface area contributed by atoms with Crippen molar-refractivity contribution in [1.29, 1.82) is 0 Å². The van der Waals surface area contributed by atoms with Gasteiger partial charge in [0, 0.05) is 45.3 Å². The van der Waals surface area contributed by atoms with E-state index in [-0.39, 0.29) is 47.4 Å². The number of halogens is 2. The number of fused-ring (bicyclic) bond motifs is 2. The van der Waals surface area contributed by atoms with Crippen LogP contribution in [0.25, 0.3) is 16.7 Å². The monoisotopic (exact) mass is 773 g/mol. The molecule has 1 saturated carbocycles. The van der Waals surface area contributed by atoms with E-state index in [9.17, 15) is 28.0 Å². The number of benzene rings is 1. The number of imidazole rings is 1. The van der Waals surface area contributed by atoms with Crippen molar-refractivity contribution >= 4 is 45.8 Å². The topological polar surface area (TPSA) is 166 Å². The highest BCUT2D eigenvalue weighted by molar-refractivity contribution is 6.08. The highest BCUT2D eigenvalue weighted by Gasteiger charge is 2.34. The van der Waals surface area contributed by atoms with Crippen LogP contribution in [-0.4, -0.2) is 96.0 Å². The maximum Gasteiger partial charge on any atom is 0.329 e. The maximum absolute atomic E-state index is 14.1. The fraction of sp³-hybridized carbons (Fsp3) is 0.500. The molecule has 18 heteroatoms. The van der Waals surface area contributed by atoms with Crippen LogP contribution in [0.1, 0.15) is 85.9 Å². The fourth-order valence-electron chi connectivity index (χ4n) is 8.76. The van der Waals surface area contributed by atoms with Gasteiger partial charge in [-0.25, -0.2) is 23.1 Å². The number of para-hydroxylation sites is 1. The number of hydrogen-bond donors (Lipinski definition) is 2. The Morgan fingerprint density at radius 1 is 1.05 bits per heavy atom. The molecule has 296 valence electrons. The molecule has 2 N–H and O–H groups in total. The van der Waals surface area contributed by atoms with Crippen molar-refractivity contribution < 1.29 is 27.9 Å². The Bertz CT molecular complexity index is 2350. The van der Waals surface area contributed by atoms with Crippen LogP contribution in [0, 0.1) is 5.92 Å². The summed E-state index contributed by atoms with van der Waals surface area (Å²) in [5.74, 6) is -0.462. The third-order valence-corrected chi connectivity index (χ3v) is 11.8. The number of ether oxygens (including phenoxy) is 1. The summed E-state index contributed by atoms with van der Waals surface area (Å²) in [6.45, 7) is 2.55. The minimum atomic E-state index is -2.87. The van der Waals surface area contributed by atoms with Crippen molar-refractivity contribution in [1.82, 2.24) is 43.7 Å². The summed E-state index contributed by atoms with van der Waals surface area (Å²) in [4.78, 5) is 60.0. The number of aryl methyl sites for hydroxylation is 1. The van der Waals surface area contributed by atoms with Crippen molar-refractivity contribution in [2.24, 2.45) is 13.0 Å². The van der Waals surface area contributed by atoms with Crippen LogP contribution in [0.15, 0.2) is 47.8 Å². The molecule has 3 fully saturated rings. The third-order valence-electron chi connectivity index (χ3n) is 11.8. The molecule has 1 aliphatic carbocycles. The standard InChI is InChI=1S/C38H45F2N11O5/c1-46(23-13-15-48(16-14-23)28-5-4-6-29-33(28)47(2)38(55)51(29)30-11-12-31(52)44-37(30)54)19-22-7-9-24(10-8-22)49-21-27(32(45-49)34(39)40)43-36(53)26-18-42-50-20-25(56-3)17-41-35(26)50/h4-6,17-18,20-24,30,34H,7-16,19H2,1-3H3,(H,43,53)(H,44,52,54)/t22-,24-,30?. The number of piperidine rings is 2. The molecule has 2 saturated heterocycles. The van der Waals surface area contributed by atoms with Crippen LogP contribution in [-0.2, 0) is 16.6 Å². The molecule has 2 aliphatic heterocycles. The first-order valence-electron chi connectivity index (χ1n) is 19.1. The normalized spacial score (nSPS) is 21.1. The molecule has 0 radical (unpaired) electrons. The summed E-state index contributed by atoms with van der Waals surface area (Å²) < 4.78 is 39.5. The van der Waals surface area contributed by atoms with Crippen molar-refractivity contribution in [3.8, 4) is 5.75 Å². The van der Waals surface area contributed by atoms with Gasteiger partial charge in [-0.3, -0.25) is 33.5 Å². The minimum absolute atomic E-state index is 0.0311. The number of nitrogens with zero attached hydrogens (tertiary/aromatic N) is 9. The number of aromatic nitrogens is 7. The average Bonchev–Trinajstić information content (AvgIpc) is 3.89. The Morgan fingerprint density at radius 2 is 1.82 bits per heavy atom. The van der Waals surface area contributed by atoms with E-state index in [1.165, 1.54) is 34.8 Å². The molecule has 1 atom stereocenters. The summed E-state index contributed by atoms with van der Waals surface area (Å²) in [6, 6.07) is 5.40. The van der Waals surface area contributed by atoms with E-state index < -0.39 is 30.0 Å². The molecule has 3 amide bonds. The maximum atomic E-state index is 14.1. The summed E-state index contributed by atoms with van der Waals surface area (Å²) in [5, 5.41) is 13.4. The molecule has 16 nitrogen and oxygen atoms in total. The Hall–Kier alpha value is -5.65. The van der Waals surface area contributed by atoms with Crippen molar-refractivity contribution in [3.05, 3.63) is 64.7 Å². The number of carbonyl (C=O) groups excluding carboxylic acids is 3. The molecule has 6 heterocycles. The molecule has 56 heavy (non-hydrogen) atoms. The number of nitrogens with one attached hydrogen (secondary N) is 2. The number of rotatable bonds is 10. The minimum Gasteiger partial charge on any atom is -0.494 e. The zero-order valence-corrected chi connectivity index (χ0v) is 31.5. The molecule has 3 aliphatic rings. The van der Waals surface area contributed by atoms with Gasteiger partial charge in [0.05, 0.1) is 54.2 Å². The zero-order chi connectivity index (χ0) is 39.2. The molecule has 0 spiro atoms. The van der Waals surface area contributed by atoms with Crippen LogP contribution in [0.3, 0.4) is 0 Å². The largest absolute Gasteiger partial charge is 0.494 e. The van der Waals surface area contributed by atoms with Gasteiger partial charge in [-0.05, 0) is 70.0 Å². The molecule has 8 rings (SSSR count). The van der Waals surface area contributed by atoms with E-state index in [2.05, 4.69) is 42.7 Å². The van der Waals surface area contributed by atoms with Crippen molar-refractivity contribution in [3.63, 3.8) is 0 Å². The first-order chi connectivity index (χ1) is 27.0. The molecule has 4 aromatic heterocycles. The lowest BCUT2D eigenvalue weighted by atomic mass is 9.85. The lowest BCUT2D eigenvalue weighted by Gasteiger charge is -2.40. The predicted molar refractivity (Wildman–Crippen MR) is 202 cm³/mol. The summed E-state index contributed by atoms with van der Waals surface area (Å²) >= 11 is 0. The molecule has 1 unspecified atom stereocenters. The van der Waals surface area contributed by atoms with Crippen LogP contribution in [0.2, 0.25) is 0 Å². The smallest absolute Gasteiger partial charge is 0.329 e. The van der Waals surface area contributed by atoms with Crippen LogP contribution in [0.5, 0.6) is 5.75 Å². The first-order valence-corrected chi connectivity index (χ1v) is 19.1. The van der Waals surface area contributed by atoms with Crippen LogP contribution < -0.4 is 26.0 Å². The predicted octanol–water partition coefficient (Wildman–Crippen LogP) is 4.09. The molecule has 1 aromatic carbocycles. The zero-order valence-electron chi connectivity index (χ0n) is 31.5. The number of imide groups is 1. The molecule has 0 bridgehead atoms. The number of hydrogen-bond acceptors (Lipinski definition) is 10. The summed E-state index contributed by atoms with van der Waals surface area (Å²) in [6.07, 6.45) is 8.80. The third kappa shape index (κ3) is 6.90. The summed E-state index contributed by atoms with van der Waals surface area (Å²) in [5.41, 5.74) is 2.05. The highest BCUT2D eigenvalue weighted by atomic mass is 19.3. The average molecular weight is 774 g/mol. The Balaban J connectivity index is 0.866. The van der Waals surface area contributed by atoms with Gasteiger partial charge >= 0.3 is 5.69 Å². The second-order valence-electron chi connectivity index (χ2n) is 15.1. The lowest BCUT2D eigenvalue weighted by molar-refractivity contribution is -0.135. The highest BCUT2D eigenvalue weighted by Crippen LogP contribution is 2.37. The first kappa shape index (κ1) is 37.3. The van der Waals surface area contributed by atoms with Gasteiger partial charge < -0.3 is 19.9 Å². The van der Waals surface area contributed by atoms with E-state index in [1.807, 2.05) is 18.2 Å². The van der Waals surface area contributed by atoms with E-state index in [0.29, 0.717) is 23.2 Å². The van der Waals surface area contributed by atoms with Crippen LogP contribution in [0.4, 0.5) is 20.2 Å². The van der Waals surface area contributed by atoms with Gasteiger partial charge in [0.25, 0.3) is 12.3 Å². The summed E-state index contributed by atoms with van der Waals surface area (Å²) in [7, 11) is 5.39.